The van der Waals surface area contributed by atoms with Crippen molar-refractivity contribution >= 4 is 0 Å². The topological polar surface area (TPSA) is 43.7 Å². The Morgan fingerprint density at radius 2 is 2.00 bits per heavy atom. The zero-order valence-electron chi connectivity index (χ0n) is 7.74. The first-order valence-electron chi connectivity index (χ1n) is 4.79. The Morgan fingerprint density at radius 3 is 2.42 bits per heavy atom. The Bertz CT molecular complexity index is 122. The third kappa shape index (κ3) is 2.44. The molecule has 1 fully saturated rings. The summed E-state index contributed by atoms with van der Waals surface area (Å²) in [6, 6.07) is 0. The first kappa shape index (κ1) is 9.96. The number of hydrogen-bond donors (Lipinski definition) is 2. The van der Waals surface area contributed by atoms with Crippen LogP contribution in [0.5, 0.6) is 0 Å². The summed E-state index contributed by atoms with van der Waals surface area (Å²) in [5.41, 5.74) is 0. The van der Waals surface area contributed by atoms with E-state index in [2.05, 4.69) is 11.8 Å². The summed E-state index contributed by atoms with van der Waals surface area (Å²) >= 11 is 0. The van der Waals surface area contributed by atoms with Gasteiger partial charge in [-0.15, -0.1) is 0 Å². The van der Waals surface area contributed by atoms with Gasteiger partial charge >= 0.3 is 0 Å². The van der Waals surface area contributed by atoms with Gasteiger partial charge in [0.1, 0.15) is 0 Å². The molecule has 0 aromatic rings. The minimum atomic E-state index is -0.496. The largest absolute Gasteiger partial charge is 0.394 e. The molecule has 0 spiro atoms. The molecule has 0 aliphatic carbocycles. The number of aliphatic hydroxyl groups is 2. The van der Waals surface area contributed by atoms with E-state index in [1.54, 1.807) is 0 Å². The average molecular weight is 173 g/mol. The lowest BCUT2D eigenvalue weighted by atomic mass is 9.92. The van der Waals surface area contributed by atoms with Crippen LogP contribution in [0.15, 0.2) is 0 Å². The molecule has 1 aliphatic heterocycles. The van der Waals surface area contributed by atoms with Crippen LogP contribution < -0.4 is 0 Å². The van der Waals surface area contributed by atoms with Crippen molar-refractivity contribution in [2.24, 2.45) is 5.92 Å². The Hall–Kier alpha value is -0.120. The van der Waals surface area contributed by atoms with Gasteiger partial charge in [-0.25, -0.2) is 0 Å². The van der Waals surface area contributed by atoms with Crippen molar-refractivity contribution in [3.63, 3.8) is 0 Å². The van der Waals surface area contributed by atoms with E-state index in [1.165, 1.54) is 0 Å². The summed E-state index contributed by atoms with van der Waals surface area (Å²) in [5.74, 6) is 0.317. The molecule has 72 valence electrons. The number of aliphatic hydroxyl groups excluding tert-OH is 2. The van der Waals surface area contributed by atoms with Crippen molar-refractivity contribution in [3.8, 4) is 0 Å². The van der Waals surface area contributed by atoms with Crippen LogP contribution in [-0.2, 0) is 0 Å². The van der Waals surface area contributed by atoms with E-state index in [4.69, 9.17) is 5.11 Å². The number of piperidine rings is 1. The second-order valence-corrected chi connectivity index (χ2v) is 3.52. The Balaban J connectivity index is 2.25. The van der Waals surface area contributed by atoms with Gasteiger partial charge in [-0.05, 0) is 38.4 Å². The highest BCUT2D eigenvalue weighted by Gasteiger charge is 2.23. The Labute approximate surface area is 74.0 Å². The summed E-state index contributed by atoms with van der Waals surface area (Å²) in [7, 11) is 0. The molecule has 0 amide bonds. The molecule has 1 heterocycles. The molecule has 0 bridgehead atoms. The van der Waals surface area contributed by atoms with Gasteiger partial charge in [-0.2, -0.15) is 0 Å². The standard InChI is InChI=1S/C9H19NO2/c1-2-10-5-3-8(4-6-10)9(12)7-11/h8-9,11-12H,2-7H2,1H3. The molecule has 0 aromatic carbocycles. The third-order valence-electron chi connectivity index (χ3n) is 2.81. The molecule has 1 atom stereocenters. The van der Waals surface area contributed by atoms with E-state index in [0.29, 0.717) is 5.92 Å². The Morgan fingerprint density at radius 1 is 1.42 bits per heavy atom. The predicted octanol–water partition coefficient (Wildman–Crippen LogP) is 0.0715. The second kappa shape index (κ2) is 4.80. The fraction of sp³-hybridized carbons (Fsp3) is 1.00. The Kier molecular flexibility index (Phi) is 3.98. The zero-order chi connectivity index (χ0) is 8.97. The van der Waals surface area contributed by atoms with E-state index < -0.39 is 6.10 Å². The molecular formula is C9H19NO2. The van der Waals surface area contributed by atoms with Gasteiger partial charge in [0.05, 0.1) is 12.7 Å². The fourth-order valence-electron chi connectivity index (χ4n) is 1.80. The van der Waals surface area contributed by atoms with Gasteiger partial charge in [0, 0.05) is 0 Å². The summed E-state index contributed by atoms with van der Waals surface area (Å²) in [5, 5.41) is 18.1. The molecular weight excluding hydrogens is 154 g/mol. The average Bonchev–Trinajstić information content (AvgIpc) is 2.17. The molecule has 3 nitrogen and oxygen atoms in total. The smallest absolute Gasteiger partial charge is 0.0799 e. The fourth-order valence-corrected chi connectivity index (χ4v) is 1.80. The third-order valence-corrected chi connectivity index (χ3v) is 2.81. The summed E-state index contributed by atoms with van der Waals surface area (Å²) in [4.78, 5) is 2.38. The maximum Gasteiger partial charge on any atom is 0.0799 e. The lowest BCUT2D eigenvalue weighted by molar-refractivity contribution is 0.0192. The van der Waals surface area contributed by atoms with Gasteiger partial charge in [0.25, 0.3) is 0 Å². The van der Waals surface area contributed by atoms with Crippen LogP contribution in [0.25, 0.3) is 0 Å². The van der Waals surface area contributed by atoms with Crippen molar-refractivity contribution in [3.05, 3.63) is 0 Å². The second-order valence-electron chi connectivity index (χ2n) is 3.52. The quantitative estimate of drug-likeness (QED) is 0.635. The van der Waals surface area contributed by atoms with Crippen LogP contribution in [0.4, 0.5) is 0 Å². The molecule has 0 radical (unpaired) electrons. The van der Waals surface area contributed by atoms with Crippen LogP contribution in [0, 0.1) is 5.92 Å². The first-order valence-corrected chi connectivity index (χ1v) is 4.79. The lowest BCUT2D eigenvalue weighted by Crippen LogP contribution is -2.38. The SMILES string of the molecule is CCN1CCC(C(O)CO)CC1. The summed E-state index contributed by atoms with van der Waals surface area (Å²) in [6.45, 7) is 5.30. The number of likely N-dealkylation sites (tertiary alicyclic amines) is 1. The van der Waals surface area contributed by atoms with Crippen molar-refractivity contribution in [2.45, 2.75) is 25.9 Å². The van der Waals surface area contributed by atoms with E-state index >= 15 is 0 Å². The maximum atomic E-state index is 9.37. The maximum absolute atomic E-state index is 9.37. The van der Waals surface area contributed by atoms with Crippen molar-refractivity contribution in [2.75, 3.05) is 26.2 Å². The molecule has 0 saturated carbocycles. The minimum absolute atomic E-state index is 0.0865. The highest BCUT2D eigenvalue weighted by molar-refractivity contribution is 4.76. The lowest BCUT2D eigenvalue weighted by Gasteiger charge is -2.32. The number of hydrogen-bond acceptors (Lipinski definition) is 3. The molecule has 1 unspecified atom stereocenters. The van der Waals surface area contributed by atoms with E-state index in [0.717, 1.165) is 32.5 Å². The van der Waals surface area contributed by atoms with Crippen LogP contribution >= 0.6 is 0 Å². The van der Waals surface area contributed by atoms with E-state index in [1.807, 2.05) is 0 Å². The van der Waals surface area contributed by atoms with Crippen molar-refractivity contribution in [1.82, 2.24) is 4.90 Å². The van der Waals surface area contributed by atoms with Crippen molar-refractivity contribution < 1.29 is 10.2 Å². The number of rotatable bonds is 3. The van der Waals surface area contributed by atoms with Crippen LogP contribution in [0.2, 0.25) is 0 Å². The highest BCUT2D eigenvalue weighted by Crippen LogP contribution is 2.19. The summed E-state index contributed by atoms with van der Waals surface area (Å²) < 4.78 is 0. The monoisotopic (exact) mass is 173 g/mol. The molecule has 1 aliphatic rings. The molecule has 1 saturated heterocycles. The molecule has 2 N–H and O–H groups in total. The number of nitrogens with zero attached hydrogens (tertiary/aromatic N) is 1. The van der Waals surface area contributed by atoms with Gasteiger partial charge in [-0.3, -0.25) is 0 Å². The molecule has 1 rings (SSSR count). The predicted molar refractivity (Wildman–Crippen MR) is 47.9 cm³/mol. The molecule has 12 heavy (non-hydrogen) atoms. The summed E-state index contributed by atoms with van der Waals surface area (Å²) in [6.07, 6.45) is 1.55. The van der Waals surface area contributed by atoms with Gasteiger partial charge in [0.2, 0.25) is 0 Å². The molecule has 0 aromatic heterocycles. The van der Waals surface area contributed by atoms with Crippen LogP contribution in [0.3, 0.4) is 0 Å². The first-order chi connectivity index (χ1) is 5.77. The van der Waals surface area contributed by atoms with Crippen LogP contribution in [-0.4, -0.2) is 47.5 Å². The minimum Gasteiger partial charge on any atom is -0.394 e. The van der Waals surface area contributed by atoms with E-state index in [9.17, 15) is 5.11 Å². The van der Waals surface area contributed by atoms with Gasteiger partial charge in [-0.1, -0.05) is 6.92 Å². The molecule has 3 heteroatoms. The van der Waals surface area contributed by atoms with Crippen LogP contribution in [0.1, 0.15) is 19.8 Å². The highest BCUT2D eigenvalue weighted by atomic mass is 16.3. The van der Waals surface area contributed by atoms with Crippen molar-refractivity contribution in [1.29, 1.82) is 0 Å². The normalized spacial score (nSPS) is 24.2. The van der Waals surface area contributed by atoms with Gasteiger partial charge in [0.15, 0.2) is 0 Å². The zero-order valence-corrected chi connectivity index (χ0v) is 7.74. The van der Waals surface area contributed by atoms with E-state index in [-0.39, 0.29) is 6.61 Å². The van der Waals surface area contributed by atoms with Gasteiger partial charge < -0.3 is 15.1 Å².